The molecule has 0 fully saturated rings. The number of carbonyl (C=O) groups excluding carboxylic acids is 1. The second kappa shape index (κ2) is 8.93. The predicted molar refractivity (Wildman–Crippen MR) is 78.8 cm³/mol. The lowest BCUT2D eigenvalue weighted by Crippen LogP contribution is -2.09. The first kappa shape index (κ1) is 18.7. The molecule has 1 amide bonds. The highest BCUT2D eigenvalue weighted by molar-refractivity contribution is 5.78. The van der Waals surface area contributed by atoms with Crippen LogP contribution in [0.1, 0.15) is 37.7 Å². The normalized spacial score (nSPS) is 12.0. The third kappa shape index (κ3) is 7.45. The van der Waals surface area contributed by atoms with Crippen molar-refractivity contribution in [1.82, 2.24) is 0 Å². The van der Waals surface area contributed by atoms with Gasteiger partial charge in [0.15, 0.2) is 0 Å². The Labute approximate surface area is 132 Å². The van der Waals surface area contributed by atoms with Gasteiger partial charge in [-0.2, -0.15) is 13.2 Å². The van der Waals surface area contributed by atoms with Gasteiger partial charge < -0.3 is 4.74 Å². The Morgan fingerprint density at radius 1 is 1.30 bits per heavy atom. The van der Waals surface area contributed by atoms with Crippen LogP contribution < -0.4 is 4.74 Å². The lowest BCUT2D eigenvalue weighted by atomic mass is 9.96. The molecule has 0 saturated heterocycles. The van der Waals surface area contributed by atoms with Gasteiger partial charge in [0, 0.05) is 11.6 Å². The number of nitroso groups, excluding NO2 is 1. The molecule has 124 valence electrons. The number of rotatable bonds is 7. The Balaban J connectivity index is 2.61. The second-order valence-corrected chi connectivity index (χ2v) is 4.77. The second-order valence-electron chi connectivity index (χ2n) is 4.77. The van der Waals surface area contributed by atoms with E-state index in [1.165, 1.54) is 0 Å². The molecule has 0 aliphatic carbocycles. The standard InChI is InChI=1S/C16H16F3NO3/c1-2-4-13(11-15(21)20-22)12-5-7-14(8-6-12)23-10-3-9-16(17,18)19/h5-8,13H,3,9-11H2,1H3. The minimum Gasteiger partial charge on any atom is -0.494 e. The van der Waals surface area contributed by atoms with Crippen molar-refractivity contribution >= 4 is 5.91 Å². The Morgan fingerprint density at radius 2 is 1.96 bits per heavy atom. The van der Waals surface area contributed by atoms with E-state index in [2.05, 4.69) is 17.0 Å². The van der Waals surface area contributed by atoms with Crippen LogP contribution in [-0.4, -0.2) is 18.7 Å². The average molecular weight is 327 g/mol. The minimum atomic E-state index is -4.18. The van der Waals surface area contributed by atoms with Crippen molar-refractivity contribution < 1.29 is 22.7 Å². The van der Waals surface area contributed by atoms with Gasteiger partial charge in [-0.25, -0.2) is 0 Å². The number of nitrogens with zero attached hydrogens (tertiary/aromatic N) is 1. The van der Waals surface area contributed by atoms with Crippen LogP contribution in [0.25, 0.3) is 0 Å². The van der Waals surface area contributed by atoms with Crippen LogP contribution in [0.15, 0.2) is 29.4 Å². The van der Waals surface area contributed by atoms with Gasteiger partial charge in [-0.05, 0) is 31.0 Å². The summed E-state index contributed by atoms with van der Waals surface area (Å²) in [5, 5.41) is 2.35. The quantitative estimate of drug-likeness (QED) is 0.428. The van der Waals surface area contributed by atoms with E-state index in [1.54, 1.807) is 31.2 Å². The van der Waals surface area contributed by atoms with Gasteiger partial charge in [0.05, 0.1) is 18.9 Å². The van der Waals surface area contributed by atoms with Crippen molar-refractivity contribution in [3.63, 3.8) is 0 Å². The summed E-state index contributed by atoms with van der Waals surface area (Å²) >= 11 is 0. The molecular weight excluding hydrogens is 311 g/mol. The van der Waals surface area contributed by atoms with Crippen LogP contribution in [0, 0.1) is 16.7 Å². The van der Waals surface area contributed by atoms with E-state index in [-0.39, 0.29) is 19.4 Å². The van der Waals surface area contributed by atoms with E-state index in [1.807, 2.05) is 0 Å². The number of halogens is 3. The topological polar surface area (TPSA) is 55.7 Å². The molecule has 1 rings (SSSR count). The molecule has 0 saturated carbocycles. The zero-order valence-corrected chi connectivity index (χ0v) is 12.5. The zero-order chi connectivity index (χ0) is 17.3. The van der Waals surface area contributed by atoms with Gasteiger partial charge in [-0.1, -0.05) is 18.1 Å². The van der Waals surface area contributed by atoms with Crippen LogP contribution >= 0.6 is 0 Å². The van der Waals surface area contributed by atoms with Crippen LogP contribution in [0.4, 0.5) is 13.2 Å². The van der Waals surface area contributed by atoms with Crippen molar-refractivity contribution in [1.29, 1.82) is 0 Å². The van der Waals surface area contributed by atoms with Gasteiger partial charge in [0.1, 0.15) is 5.75 Å². The van der Waals surface area contributed by atoms with E-state index in [0.717, 1.165) is 0 Å². The molecule has 0 radical (unpaired) electrons. The molecular formula is C16H16F3NO3. The molecule has 7 heteroatoms. The number of carbonyl (C=O) groups is 1. The van der Waals surface area contributed by atoms with Crippen molar-refractivity contribution in [2.75, 3.05) is 6.61 Å². The molecule has 1 atom stereocenters. The van der Waals surface area contributed by atoms with Crippen molar-refractivity contribution in [3.8, 4) is 17.6 Å². The fourth-order valence-electron chi connectivity index (χ4n) is 1.90. The summed E-state index contributed by atoms with van der Waals surface area (Å²) in [7, 11) is 0. The molecule has 0 bridgehead atoms. The third-order valence-corrected chi connectivity index (χ3v) is 2.95. The maximum Gasteiger partial charge on any atom is 0.389 e. The molecule has 0 aliphatic heterocycles. The molecule has 1 unspecified atom stereocenters. The first-order valence-electron chi connectivity index (χ1n) is 6.93. The third-order valence-electron chi connectivity index (χ3n) is 2.95. The lowest BCUT2D eigenvalue weighted by Gasteiger charge is -2.11. The lowest BCUT2D eigenvalue weighted by molar-refractivity contribution is -0.136. The summed E-state index contributed by atoms with van der Waals surface area (Å²) < 4.78 is 41.2. The summed E-state index contributed by atoms with van der Waals surface area (Å²) in [5.74, 6) is 4.69. The van der Waals surface area contributed by atoms with Crippen LogP contribution in [0.2, 0.25) is 0 Å². The van der Waals surface area contributed by atoms with Crippen LogP contribution in [0.3, 0.4) is 0 Å². The maximum absolute atomic E-state index is 12.0. The predicted octanol–water partition coefficient (Wildman–Crippen LogP) is 4.20. The van der Waals surface area contributed by atoms with Crippen molar-refractivity contribution in [2.24, 2.45) is 5.18 Å². The number of alkyl halides is 3. The molecule has 1 aromatic carbocycles. The number of ether oxygens (including phenoxy) is 1. The van der Waals surface area contributed by atoms with E-state index < -0.39 is 24.4 Å². The zero-order valence-electron chi connectivity index (χ0n) is 12.5. The number of benzene rings is 1. The fraction of sp³-hybridized carbons (Fsp3) is 0.438. The van der Waals surface area contributed by atoms with E-state index in [9.17, 15) is 22.9 Å². The van der Waals surface area contributed by atoms with E-state index in [0.29, 0.717) is 11.3 Å². The van der Waals surface area contributed by atoms with Gasteiger partial charge >= 0.3 is 6.18 Å². The van der Waals surface area contributed by atoms with Crippen molar-refractivity contribution in [2.45, 2.75) is 38.3 Å². The summed E-state index contributed by atoms with van der Waals surface area (Å²) in [6.45, 7) is 1.58. The van der Waals surface area contributed by atoms with Crippen LogP contribution in [0.5, 0.6) is 5.75 Å². The summed E-state index contributed by atoms with van der Waals surface area (Å²) in [5.41, 5.74) is 0.707. The SMILES string of the molecule is CC#CC(CC(=O)N=O)c1ccc(OCCCC(F)(F)F)cc1. The summed E-state index contributed by atoms with van der Waals surface area (Å²) in [6.07, 6.45) is -5.30. The van der Waals surface area contributed by atoms with Crippen molar-refractivity contribution in [3.05, 3.63) is 34.7 Å². The molecule has 0 aliphatic rings. The Hall–Kier alpha value is -2.36. The van der Waals surface area contributed by atoms with Gasteiger partial charge in [-0.15, -0.1) is 10.8 Å². The van der Waals surface area contributed by atoms with Gasteiger partial charge in [0.25, 0.3) is 5.91 Å². The van der Waals surface area contributed by atoms with Crippen LogP contribution in [-0.2, 0) is 4.79 Å². The highest BCUT2D eigenvalue weighted by Crippen LogP contribution is 2.24. The number of hydrogen-bond acceptors (Lipinski definition) is 3. The molecule has 23 heavy (non-hydrogen) atoms. The molecule has 0 spiro atoms. The Morgan fingerprint density at radius 3 is 2.48 bits per heavy atom. The molecule has 0 aromatic heterocycles. The summed E-state index contributed by atoms with van der Waals surface area (Å²) in [4.78, 5) is 21.3. The maximum atomic E-state index is 12.0. The monoisotopic (exact) mass is 327 g/mol. The molecule has 0 N–H and O–H groups in total. The summed E-state index contributed by atoms with van der Waals surface area (Å²) in [6, 6.07) is 6.50. The molecule has 4 nitrogen and oxygen atoms in total. The average Bonchev–Trinajstić information content (AvgIpc) is 2.50. The van der Waals surface area contributed by atoms with Gasteiger partial charge in [0.2, 0.25) is 0 Å². The fourth-order valence-corrected chi connectivity index (χ4v) is 1.90. The Bertz CT molecular complexity index is 585. The van der Waals surface area contributed by atoms with E-state index >= 15 is 0 Å². The largest absolute Gasteiger partial charge is 0.494 e. The van der Waals surface area contributed by atoms with E-state index in [4.69, 9.17) is 4.74 Å². The molecule has 1 aromatic rings. The number of amides is 1. The minimum absolute atomic E-state index is 0.0371. The molecule has 0 heterocycles. The number of hydrogen-bond donors (Lipinski definition) is 0. The first-order valence-corrected chi connectivity index (χ1v) is 6.93. The Kier molecular flexibility index (Phi) is 7.26. The smallest absolute Gasteiger partial charge is 0.389 e. The highest BCUT2D eigenvalue weighted by atomic mass is 19.4. The highest BCUT2D eigenvalue weighted by Gasteiger charge is 2.26. The van der Waals surface area contributed by atoms with Gasteiger partial charge in [-0.3, -0.25) is 4.79 Å². The first-order chi connectivity index (χ1) is 10.9.